The van der Waals surface area contributed by atoms with E-state index in [4.69, 9.17) is 11.6 Å². The molecule has 0 amide bonds. The Kier molecular flexibility index (Phi) is 4.84. The molecule has 134 valence electrons. The van der Waals surface area contributed by atoms with Gasteiger partial charge in [0, 0.05) is 11.6 Å². The summed E-state index contributed by atoms with van der Waals surface area (Å²) in [5, 5.41) is 6.59. The van der Waals surface area contributed by atoms with E-state index >= 15 is 0 Å². The summed E-state index contributed by atoms with van der Waals surface area (Å²) in [6.07, 6.45) is 0. The van der Waals surface area contributed by atoms with Crippen LogP contribution in [0.3, 0.4) is 0 Å². The predicted molar refractivity (Wildman–Crippen MR) is 102 cm³/mol. The molecule has 0 unspecified atom stereocenters. The third-order valence-electron chi connectivity index (χ3n) is 3.82. The van der Waals surface area contributed by atoms with Crippen molar-refractivity contribution in [3.63, 3.8) is 0 Å². The number of hydrogen-bond donors (Lipinski definition) is 2. The number of sulfonamides is 1. The average Bonchev–Trinajstić information content (AvgIpc) is 2.58. The van der Waals surface area contributed by atoms with E-state index < -0.39 is 10.0 Å². The normalized spacial score (nSPS) is 11.3. The Balaban J connectivity index is 2.02. The molecule has 0 bridgehead atoms. The molecule has 0 radical (unpaired) electrons. The molecule has 0 saturated carbocycles. The maximum absolute atomic E-state index is 12.8. The molecule has 0 saturated heterocycles. The maximum atomic E-state index is 12.8. The summed E-state index contributed by atoms with van der Waals surface area (Å²) in [5.41, 5.74) is 2.53. The van der Waals surface area contributed by atoms with Crippen LogP contribution in [0.1, 0.15) is 11.1 Å². The van der Waals surface area contributed by atoms with E-state index in [-0.39, 0.29) is 10.5 Å². The Morgan fingerprint density at radius 2 is 1.81 bits per heavy atom. The van der Waals surface area contributed by atoms with Crippen molar-refractivity contribution in [3.05, 3.63) is 75.0 Å². The zero-order valence-corrected chi connectivity index (χ0v) is 15.6. The van der Waals surface area contributed by atoms with Gasteiger partial charge >= 0.3 is 0 Å². The van der Waals surface area contributed by atoms with Gasteiger partial charge < -0.3 is 0 Å². The largest absolute Gasteiger partial charge is 0.278 e. The van der Waals surface area contributed by atoms with Crippen LogP contribution in [0.2, 0.25) is 5.02 Å². The summed E-state index contributed by atoms with van der Waals surface area (Å²) in [6, 6.07) is 12.9. The molecule has 6 nitrogen and oxygen atoms in total. The third-order valence-corrected chi connectivity index (χ3v) is 5.64. The molecule has 0 spiro atoms. The molecule has 3 aromatic rings. The minimum atomic E-state index is -3.85. The van der Waals surface area contributed by atoms with Crippen molar-refractivity contribution in [1.82, 2.24) is 10.2 Å². The number of benzene rings is 2. The minimum Gasteiger partial charge on any atom is -0.278 e. The molecule has 0 aliphatic carbocycles. The summed E-state index contributed by atoms with van der Waals surface area (Å²) < 4.78 is 28.2. The van der Waals surface area contributed by atoms with Gasteiger partial charge in [-0.2, -0.15) is 5.10 Å². The van der Waals surface area contributed by atoms with Gasteiger partial charge in [0.05, 0.1) is 21.3 Å². The quantitative estimate of drug-likeness (QED) is 0.714. The van der Waals surface area contributed by atoms with E-state index in [9.17, 15) is 13.2 Å². The van der Waals surface area contributed by atoms with Gasteiger partial charge in [-0.3, -0.25) is 9.52 Å². The first-order valence-electron chi connectivity index (χ1n) is 7.72. The lowest BCUT2D eigenvalue weighted by atomic mass is 10.1. The van der Waals surface area contributed by atoms with Crippen molar-refractivity contribution in [2.75, 3.05) is 4.72 Å². The Morgan fingerprint density at radius 3 is 2.46 bits per heavy atom. The fraction of sp³-hybridized carbons (Fsp3) is 0.111. The molecule has 8 heteroatoms. The number of aromatic amines is 1. The van der Waals surface area contributed by atoms with Crippen LogP contribution >= 0.6 is 11.6 Å². The van der Waals surface area contributed by atoms with Gasteiger partial charge in [0.2, 0.25) is 0 Å². The number of halogens is 1. The van der Waals surface area contributed by atoms with E-state index in [1.165, 1.54) is 18.2 Å². The molecule has 0 fully saturated rings. The van der Waals surface area contributed by atoms with E-state index in [0.29, 0.717) is 27.5 Å². The fourth-order valence-electron chi connectivity index (χ4n) is 2.46. The monoisotopic (exact) mass is 389 g/mol. The lowest BCUT2D eigenvalue weighted by Crippen LogP contribution is -2.15. The van der Waals surface area contributed by atoms with Gasteiger partial charge in [0.25, 0.3) is 15.6 Å². The molecule has 1 aromatic heterocycles. The number of anilines is 1. The Hall–Kier alpha value is -2.64. The Morgan fingerprint density at radius 1 is 1.04 bits per heavy atom. The summed E-state index contributed by atoms with van der Waals surface area (Å²) in [5.74, 6) is 0. The molecule has 3 rings (SSSR count). The van der Waals surface area contributed by atoms with Crippen molar-refractivity contribution < 1.29 is 8.42 Å². The second-order valence-corrected chi connectivity index (χ2v) is 7.93. The number of nitrogens with zero attached hydrogens (tertiary/aromatic N) is 1. The van der Waals surface area contributed by atoms with Crippen LogP contribution in [0.25, 0.3) is 11.3 Å². The van der Waals surface area contributed by atoms with Crippen molar-refractivity contribution in [1.29, 1.82) is 0 Å². The maximum Gasteiger partial charge on any atom is 0.264 e. The third kappa shape index (κ3) is 3.79. The summed E-state index contributed by atoms with van der Waals surface area (Å²) in [7, 11) is -3.85. The number of hydrogen-bond acceptors (Lipinski definition) is 4. The Labute approximate surface area is 155 Å². The predicted octanol–water partition coefficient (Wildman–Crippen LogP) is 3.51. The smallest absolute Gasteiger partial charge is 0.264 e. The van der Waals surface area contributed by atoms with Crippen molar-refractivity contribution in [2.45, 2.75) is 18.7 Å². The summed E-state index contributed by atoms with van der Waals surface area (Å²) in [4.78, 5) is 11.3. The first kappa shape index (κ1) is 18.2. The van der Waals surface area contributed by atoms with Gasteiger partial charge in [-0.05, 0) is 49.2 Å². The van der Waals surface area contributed by atoms with E-state index in [1.807, 2.05) is 6.92 Å². The molecule has 0 aliphatic heterocycles. The molecular weight excluding hydrogens is 374 g/mol. The van der Waals surface area contributed by atoms with Gasteiger partial charge in [0.1, 0.15) is 0 Å². The van der Waals surface area contributed by atoms with Crippen molar-refractivity contribution >= 4 is 27.3 Å². The van der Waals surface area contributed by atoms with Crippen molar-refractivity contribution in [2.24, 2.45) is 0 Å². The van der Waals surface area contributed by atoms with Crippen molar-refractivity contribution in [3.8, 4) is 11.3 Å². The second kappa shape index (κ2) is 6.93. The van der Waals surface area contributed by atoms with Gasteiger partial charge in [0.15, 0.2) is 0 Å². The lowest BCUT2D eigenvalue weighted by Gasteiger charge is -2.13. The molecular formula is C18H16ClN3O3S. The molecule has 1 heterocycles. The average molecular weight is 390 g/mol. The molecule has 0 atom stereocenters. The van der Waals surface area contributed by atoms with Crippen LogP contribution in [0.5, 0.6) is 0 Å². The molecule has 26 heavy (non-hydrogen) atoms. The standard InChI is InChI=1S/C18H16ClN3O3S/c1-11-3-6-16(14(19)9-11)22-26(24,25)17-10-13(5-4-12(17)2)15-7-8-18(23)21-20-15/h3-10,22H,1-2H3,(H,21,23). The number of rotatable bonds is 4. The topological polar surface area (TPSA) is 91.9 Å². The SMILES string of the molecule is Cc1ccc(NS(=O)(=O)c2cc(-c3ccc(=O)[nH]n3)ccc2C)c(Cl)c1. The van der Waals surface area contributed by atoms with Gasteiger partial charge in [-0.25, -0.2) is 13.5 Å². The number of H-pyrrole nitrogens is 1. The van der Waals surface area contributed by atoms with Crippen LogP contribution in [-0.4, -0.2) is 18.6 Å². The second-order valence-electron chi connectivity index (χ2n) is 5.88. The lowest BCUT2D eigenvalue weighted by molar-refractivity contribution is 0.600. The highest BCUT2D eigenvalue weighted by Crippen LogP contribution is 2.28. The first-order valence-corrected chi connectivity index (χ1v) is 9.58. The number of aryl methyl sites for hydroxylation is 2. The van der Waals surface area contributed by atoms with E-state index in [2.05, 4.69) is 14.9 Å². The highest BCUT2D eigenvalue weighted by Gasteiger charge is 2.19. The van der Waals surface area contributed by atoms with Gasteiger partial charge in [-0.15, -0.1) is 0 Å². The molecule has 2 N–H and O–H groups in total. The summed E-state index contributed by atoms with van der Waals surface area (Å²) in [6.45, 7) is 3.57. The highest BCUT2D eigenvalue weighted by atomic mass is 35.5. The fourth-order valence-corrected chi connectivity index (χ4v) is 4.15. The Bertz CT molecular complexity index is 1120. The van der Waals surface area contributed by atoms with E-state index in [1.54, 1.807) is 37.3 Å². The van der Waals surface area contributed by atoms with Crippen LogP contribution in [-0.2, 0) is 10.0 Å². The molecule has 2 aromatic carbocycles. The number of aromatic nitrogens is 2. The zero-order chi connectivity index (χ0) is 18.9. The van der Waals surface area contributed by atoms with Crippen LogP contribution in [0.15, 0.2) is 58.2 Å². The van der Waals surface area contributed by atoms with Crippen LogP contribution in [0.4, 0.5) is 5.69 Å². The van der Waals surface area contributed by atoms with E-state index in [0.717, 1.165) is 5.56 Å². The van der Waals surface area contributed by atoms with Gasteiger partial charge in [-0.1, -0.05) is 29.8 Å². The minimum absolute atomic E-state index is 0.111. The van der Waals surface area contributed by atoms with Crippen LogP contribution < -0.4 is 10.3 Å². The van der Waals surface area contributed by atoms with Crippen LogP contribution in [0, 0.1) is 13.8 Å². The molecule has 0 aliphatic rings. The number of nitrogens with one attached hydrogen (secondary N) is 2. The zero-order valence-electron chi connectivity index (χ0n) is 14.1. The summed E-state index contributed by atoms with van der Waals surface area (Å²) >= 11 is 6.13. The highest BCUT2D eigenvalue weighted by molar-refractivity contribution is 7.92. The first-order chi connectivity index (χ1) is 12.3.